The highest BCUT2D eigenvalue weighted by atomic mass is 35.5. The van der Waals surface area contributed by atoms with Crippen LogP contribution in [0.2, 0.25) is 0 Å². The summed E-state index contributed by atoms with van der Waals surface area (Å²) in [5, 5.41) is 10.3. The van der Waals surface area contributed by atoms with Crippen molar-refractivity contribution in [2.45, 2.75) is 24.5 Å². The van der Waals surface area contributed by atoms with Crippen LogP contribution in [0.4, 0.5) is 5.82 Å². The van der Waals surface area contributed by atoms with Crippen molar-refractivity contribution in [3.8, 4) is 0 Å². The van der Waals surface area contributed by atoms with Crippen LogP contribution in [-0.2, 0) is 19.3 Å². The van der Waals surface area contributed by atoms with Crippen molar-refractivity contribution in [3.05, 3.63) is 12.7 Å². The second-order valence-corrected chi connectivity index (χ2v) is 6.14. The molecule has 3 rings (SSSR count). The zero-order chi connectivity index (χ0) is 16.8. The maximum atomic E-state index is 10.9. The minimum absolute atomic E-state index is 0.140. The van der Waals surface area contributed by atoms with Gasteiger partial charge in [0, 0.05) is 0 Å². The van der Waals surface area contributed by atoms with Crippen LogP contribution in [0.15, 0.2) is 12.7 Å². The van der Waals surface area contributed by atoms with Gasteiger partial charge >= 0.3 is 10.4 Å². The average molecular weight is 366 g/mol. The lowest BCUT2D eigenvalue weighted by Gasteiger charge is -2.17. The third kappa shape index (κ3) is 2.96. The van der Waals surface area contributed by atoms with E-state index in [0.29, 0.717) is 5.52 Å². The summed E-state index contributed by atoms with van der Waals surface area (Å²) < 4.78 is 42.0. The van der Waals surface area contributed by atoms with Gasteiger partial charge in [0.05, 0.1) is 12.2 Å². The molecule has 0 aliphatic carbocycles. The molecule has 0 bridgehead atoms. The Kier molecular flexibility index (Phi) is 4.12. The highest BCUT2D eigenvalue weighted by molar-refractivity contribution is 7.80. The number of halogens is 1. The zero-order valence-electron chi connectivity index (χ0n) is 11.4. The fourth-order valence-electron chi connectivity index (χ4n) is 2.39. The van der Waals surface area contributed by atoms with Gasteiger partial charge < -0.3 is 15.6 Å². The second kappa shape index (κ2) is 5.81. The molecule has 13 heteroatoms. The van der Waals surface area contributed by atoms with Crippen LogP contribution in [0.3, 0.4) is 0 Å². The lowest BCUT2D eigenvalue weighted by Crippen LogP contribution is -2.37. The summed E-state index contributed by atoms with van der Waals surface area (Å²) >= 11 is 5.70. The van der Waals surface area contributed by atoms with Gasteiger partial charge in [-0.25, -0.2) is 19.1 Å². The van der Waals surface area contributed by atoms with Gasteiger partial charge in [0.2, 0.25) is 0 Å². The Morgan fingerprint density at radius 1 is 1.43 bits per heavy atom. The van der Waals surface area contributed by atoms with Crippen molar-refractivity contribution in [2.24, 2.45) is 0 Å². The topological polar surface area (TPSA) is 163 Å². The van der Waals surface area contributed by atoms with Gasteiger partial charge in [0.25, 0.3) is 0 Å². The van der Waals surface area contributed by atoms with Gasteiger partial charge in [-0.1, -0.05) is 0 Å². The number of aliphatic hydroxyl groups is 1. The van der Waals surface area contributed by atoms with E-state index in [9.17, 15) is 13.5 Å². The van der Waals surface area contributed by atoms with E-state index in [-0.39, 0.29) is 17.3 Å². The first kappa shape index (κ1) is 16.3. The molecule has 23 heavy (non-hydrogen) atoms. The predicted octanol–water partition coefficient (Wildman–Crippen LogP) is -0.906. The number of nitrogen functional groups attached to an aromatic ring is 1. The van der Waals surface area contributed by atoms with Gasteiger partial charge in [0.1, 0.15) is 30.2 Å². The number of alkyl halides is 1. The Balaban J connectivity index is 1.98. The Hall–Kier alpha value is -1.57. The van der Waals surface area contributed by atoms with Crippen LogP contribution >= 0.6 is 11.6 Å². The molecular weight excluding hydrogens is 354 g/mol. The molecule has 0 aromatic carbocycles. The SMILES string of the molecule is Nc1ncnc2c1ncn2[C@@H]1O[C@H](CCl)[C@@H](OS(=O)(=O)O)[C@H]1O. The highest BCUT2D eigenvalue weighted by Gasteiger charge is 2.47. The lowest BCUT2D eigenvalue weighted by molar-refractivity contribution is -0.0290. The van der Waals surface area contributed by atoms with Crippen molar-refractivity contribution in [2.75, 3.05) is 11.6 Å². The molecule has 1 aliphatic rings. The first-order valence-corrected chi connectivity index (χ1v) is 8.20. The van der Waals surface area contributed by atoms with Crippen molar-refractivity contribution in [1.29, 1.82) is 0 Å². The van der Waals surface area contributed by atoms with E-state index in [1.807, 2.05) is 0 Å². The number of hydrogen-bond acceptors (Lipinski definition) is 9. The number of ether oxygens (including phenoxy) is 1. The summed E-state index contributed by atoms with van der Waals surface area (Å²) in [4.78, 5) is 11.8. The van der Waals surface area contributed by atoms with Gasteiger partial charge in [-0.15, -0.1) is 11.6 Å². The number of rotatable bonds is 4. The van der Waals surface area contributed by atoms with E-state index in [2.05, 4.69) is 19.1 Å². The molecule has 4 N–H and O–H groups in total. The normalized spacial score (nSPS) is 28.5. The zero-order valence-corrected chi connectivity index (χ0v) is 12.9. The number of nitrogens with zero attached hydrogens (tertiary/aromatic N) is 4. The molecule has 0 spiro atoms. The molecule has 1 aliphatic heterocycles. The monoisotopic (exact) mass is 365 g/mol. The second-order valence-electron chi connectivity index (χ2n) is 4.78. The number of fused-ring (bicyclic) bond motifs is 1. The number of nitrogens with two attached hydrogens (primary N) is 1. The predicted molar refractivity (Wildman–Crippen MR) is 76.8 cm³/mol. The van der Waals surface area contributed by atoms with E-state index < -0.39 is 34.9 Å². The highest BCUT2D eigenvalue weighted by Crippen LogP contribution is 2.34. The number of anilines is 1. The summed E-state index contributed by atoms with van der Waals surface area (Å²) in [6.45, 7) is 0. The summed E-state index contributed by atoms with van der Waals surface area (Å²) in [6, 6.07) is 0. The third-order valence-corrected chi connectivity index (χ3v) is 4.13. The Bertz CT molecular complexity index is 828. The molecule has 2 aromatic heterocycles. The number of aliphatic hydroxyl groups excluding tert-OH is 1. The fraction of sp³-hybridized carbons (Fsp3) is 0.500. The standard InChI is InChI=1S/C10H12ClN5O6S/c11-1-4-7(22-23(18,19)20)6(17)10(21-4)16-3-15-5-8(12)13-2-14-9(5)16/h2-4,6-7,10,17H,1H2,(H2,12,13,14)(H,18,19,20)/t4-,6-,7-,10-/m1/s1. The van der Waals surface area contributed by atoms with E-state index in [0.717, 1.165) is 0 Å². The summed E-state index contributed by atoms with van der Waals surface area (Å²) in [5.74, 6) is -0.0295. The minimum atomic E-state index is -4.79. The van der Waals surface area contributed by atoms with Gasteiger partial charge in [-0.3, -0.25) is 9.12 Å². The molecule has 4 atom stereocenters. The fourth-order valence-corrected chi connectivity index (χ4v) is 3.16. The lowest BCUT2D eigenvalue weighted by atomic mass is 10.1. The first-order valence-electron chi connectivity index (χ1n) is 6.30. The molecule has 0 radical (unpaired) electrons. The largest absolute Gasteiger partial charge is 0.397 e. The van der Waals surface area contributed by atoms with Gasteiger partial charge in [0.15, 0.2) is 17.7 Å². The summed E-state index contributed by atoms with van der Waals surface area (Å²) in [6.07, 6.45) is -2.37. The molecule has 126 valence electrons. The Morgan fingerprint density at radius 2 is 2.17 bits per heavy atom. The average Bonchev–Trinajstić information content (AvgIpc) is 3.01. The molecule has 11 nitrogen and oxygen atoms in total. The summed E-state index contributed by atoms with van der Waals surface area (Å²) in [7, 11) is -4.79. The molecule has 2 aromatic rings. The van der Waals surface area contributed by atoms with E-state index >= 15 is 0 Å². The number of imidazole rings is 1. The van der Waals surface area contributed by atoms with Crippen LogP contribution < -0.4 is 5.73 Å². The van der Waals surface area contributed by atoms with Gasteiger partial charge in [-0.2, -0.15) is 8.42 Å². The first-order chi connectivity index (χ1) is 10.8. The minimum Gasteiger partial charge on any atom is -0.386 e. The van der Waals surface area contributed by atoms with Crippen LogP contribution in [0.5, 0.6) is 0 Å². The van der Waals surface area contributed by atoms with E-state index in [1.165, 1.54) is 17.2 Å². The van der Waals surface area contributed by atoms with Crippen molar-refractivity contribution in [1.82, 2.24) is 19.5 Å². The van der Waals surface area contributed by atoms with E-state index in [4.69, 9.17) is 26.6 Å². The maximum Gasteiger partial charge on any atom is 0.397 e. The molecule has 3 heterocycles. The molecule has 1 saturated heterocycles. The van der Waals surface area contributed by atoms with Crippen LogP contribution in [-0.4, -0.2) is 61.8 Å². The molecule has 1 fully saturated rings. The molecule has 0 amide bonds. The Morgan fingerprint density at radius 3 is 2.83 bits per heavy atom. The van der Waals surface area contributed by atoms with E-state index in [1.54, 1.807) is 0 Å². The number of aromatic nitrogens is 4. The smallest absolute Gasteiger partial charge is 0.386 e. The molecule has 0 saturated carbocycles. The van der Waals surface area contributed by atoms with Crippen LogP contribution in [0.25, 0.3) is 11.2 Å². The van der Waals surface area contributed by atoms with Crippen LogP contribution in [0, 0.1) is 0 Å². The Labute approximate surface area is 135 Å². The van der Waals surface area contributed by atoms with Crippen molar-refractivity contribution >= 4 is 39.0 Å². The third-order valence-electron chi connectivity index (χ3n) is 3.36. The van der Waals surface area contributed by atoms with Gasteiger partial charge in [-0.05, 0) is 0 Å². The maximum absolute atomic E-state index is 10.9. The van der Waals surface area contributed by atoms with Crippen molar-refractivity contribution in [3.63, 3.8) is 0 Å². The quantitative estimate of drug-likeness (QED) is 0.456. The van der Waals surface area contributed by atoms with Crippen LogP contribution in [0.1, 0.15) is 6.23 Å². The molecule has 0 unspecified atom stereocenters. The number of hydrogen-bond donors (Lipinski definition) is 3. The van der Waals surface area contributed by atoms with Crippen molar-refractivity contribution < 1.29 is 27.0 Å². The summed E-state index contributed by atoms with van der Waals surface area (Å²) in [5.41, 5.74) is 6.25. The molecular formula is C10H12ClN5O6S.